The Morgan fingerprint density at radius 1 is 0.459 bits per heavy atom. The van der Waals surface area contributed by atoms with E-state index >= 15 is 0 Å². The van der Waals surface area contributed by atoms with Gasteiger partial charge in [-0.05, 0) is 45.5 Å². The van der Waals surface area contributed by atoms with Gasteiger partial charge in [0.15, 0.2) is 12.8 Å². The van der Waals surface area contributed by atoms with Crippen molar-refractivity contribution in [3.05, 3.63) is 264 Å². The molecule has 0 N–H and O–H groups in total. The molecule has 10 rings (SSSR count). The summed E-state index contributed by atoms with van der Waals surface area (Å²) >= 11 is 1.56. The van der Waals surface area contributed by atoms with E-state index in [4.69, 9.17) is 47.4 Å². The molecule has 19 heteroatoms. The SMILES string of the molecule is C[n+]1ccn(CC(=O)OC[C@H]2O[C@@H](OC[C@H]3O[C@@H](Sc4ccccc4)[C@H](OCc4ccccc4)[C@@H](OCc4ccccc4)[C@@H]3OCc3ccccc3)[C@H](OCc3ccccc3)[C@@H](OCc3ccccc3)[C@@H]2OCc2ccccc2)c1.F[B-](F)(F)F. The molecule has 2 aliphatic rings. The zero-order valence-corrected chi connectivity index (χ0v) is 47.8. The van der Waals surface area contributed by atoms with Crippen LogP contribution in [0.1, 0.15) is 33.4 Å². The molecule has 10 atom stereocenters. The number of rotatable bonds is 27. The molecule has 85 heavy (non-hydrogen) atoms. The molecule has 7 aromatic carbocycles. The molecule has 0 amide bonds. The van der Waals surface area contributed by atoms with Crippen LogP contribution in [-0.2, 0) is 105 Å². The minimum atomic E-state index is -6.00. The number of halogens is 4. The fraction of sp³-hybridized carbons (Fsp3) is 0.303. The van der Waals surface area contributed by atoms with E-state index in [2.05, 4.69) is 12.1 Å². The van der Waals surface area contributed by atoms with Crippen molar-refractivity contribution >= 4 is 25.0 Å². The summed E-state index contributed by atoms with van der Waals surface area (Å²) in [5.41, 5.74) is 5.21. The normalized spacial score (nSPS) is 22.2. The highest BCUT2D eigenvalue weighted by atomic mass is 32.2. The lowest BCUT2D eigenvalue weighted by Gasteiger charge is -2.48. The number of esters is 1. The molecule has 446 valence electrons. The van der Waals surface area contributed by atoms with Gasteiger partial charge in [-0.15, -0.1) is 0 Å². The van der Waals surface area contributed by atoms with Gasteiger partial charge in [0.25, 0.3) is 0 Å². The van der Waals surface area contributed by atoms with Gasteiger partial charge in [-0.1, -0.05) is 212 Å². The number of carbonyl (C=O) groups is 1. The number of aryl methyl sites for hydroxylation is 1. The first-order chi connectivity index (χ1) is 41.5. The van der Waals surface area contributed by atoms with Crippen molar-refractivity contribution in [1.82, 2.24) is 4.57 Å². The van der Waals surface area contributed by atoms with Crippen LogP contribution in [-0.4, -0.2) is 91.6 Å². The lowest BCUT2D eigenvalue weighted by atomic mass is 9.97. The first kappa shape index (κ1) is 62.5. The number of hydrogen-bond acceptors (Lipinski definition) is 12. The van der Waals surface area contributed by atoms with E-state index in [1.807, 2.05) is 231 Å². The summed E-state index contributed by atoms with van der Waals surface area (Å²) in [6.07, 6.45) is -1.81. The Labute approximate surface area is 497 Å². The van der Waals surface area contributed by atoms with E-state index in [0.29, 0.717) is 6.61 Å². The zero-order chi connectivity index (χ0) is 59.1. The molecule has 0 unspecified atom stereocenters. The molecule has 8 aromatic rings. The molecular weight excluding hydrogens is 1120 g/mol. The number of imidazole rings is 1. The molecule has 0 saturated carbocycles. The summed E-state index contributed by atoms with van der Waals surface area (Å²) in [6.45, 7) is 1.27. The standard InChI is InChI=1S/C66H69N2O11S.BF4/c1-67-37-38-68(48-67)39-58(69)70-46-56-59(71-40-49-23-9-2-10-24-49)61(73-42-51-27-13-4-14-28-51)63(75-44-53-31-17-6-18-32-53)65(78-56)77-47-57-60(72-41-50-25-11-3-12-26-50)62(74-43-52-29-15-5-16-30-52)64(76-45-54-33-19-7-20-34-54)66(79-57)80-55-35-21-8-22-36-55;2-1(3,4)5/h2-38,48,56-57,59-66H,39-47H2,1H3;/q+1;-1/t56-,57-,59-,60-,61+,62+,63-,64-,65-,66+;/m1./s1. The van der Waals surface area contributed by atoms with Crippen molar-refractivity contribution < 1.29 is 74.0 Å². The third kappa shape index (κ3) is 20.3. The van der Waals surface area contributed by atoms with Gasteiger partial charge in [0.2, 0.25) is 6.33 Å². The van der Waals surface area contributed by atoms with Crippen molar-refractivity contribution in [2.45, 2.75) is 112 Å². The Hall–Kier alpha value is -7.01. The number of hydrogen-bond donors (Lipinski definition) is 0. The average molecular weight is 1190 g/mol. The second kappa shape index (κ2) is 32.5. The van der Waals surface area contributed by atoms with Crippen LogP contribution in [0.5, 0.6) is 0 Å². The van der Waals surface area contributed by atoms with Gasteiger partial charge in [-0.2, -0.15) is 0 Å². The van der Waals surface area contributed by atoms with Crippen LogP contribution in [0.3, 0.4) is 0 Å². The molecule has 1 aromatic heterocycles. The van der Waals surface area contributed by atoms with E-state index in [1.165, 1.54) is 0 Å². The zero-order valence-electron chi connectivity index (χ0n) is 47.0. The Bertz CT molecular complexity index is 3150. The predicted octanol–water partition coefficient (Wildman–Crippen LogP) is 11.9. The first-order valence-corrected chi connectivity index (χ1v) is 29.0. The smallest absolute Gasteiger partial charge is 0.460 e. The molecule has 3 heterocycles. The van der Waals surface area contributed by atoms with Crippen LogP contribution in [0.2, 0.25) is 0 Å². The molecule has 0 bridgehead atoms. The fourth-order valence-corrected chi connectivity index (χ4v) is 10.9. The number of carbonyl (C=O) groups excluding carboxylic acids is 1. The Balaban J connectivity index is 0.00000166. The summed E-state index contributed by atoms with van der Waals surface area (Å²) in [5, 5.41) is 0. The summed E-state index contributed by atoms with van der Waals surface area (Å²) in [6, 6.07) is 70.2. The molecule has 13 nitrogen and oxygen atoms in total. The van der Waals surface area contributed by atoms with Crippen molar-refractivity contribution in [2.24, 2.45) is 7.05 Å². The lowest BCUT2D eigenvalue weighted by Crippen LogP contribution is -2.63. The minimum absolute atomic E-state index is 0.00507. The van der Waals surface area contributed by atoms with Crippen LogP contribution in [0.4, 0.5) is 17.3 Å². The summed E-state index contributed by atoms with van der Waals surface area (Å²) in [4.78, 5) is 14.7. The lowest BCUT2D eigenvalue weighted by molar-refractivity contribution is -0.671. The quantitative estimate of drug-likeness (QED) is 0.0211. The fourth-order valence-electron chi connectivity index (χ4n) is 9.78. The first-order valence-electron chi connectivity index (χ1n) is 28.1. The number of benzene rings is 7. The number of nitrogens with zero attached hydrogens (tertiary/aromatic N) is 2. The second-order valence-electron chi connectivity index (χ2n) is 20.3. The highest BCUT2D eigenvalue weighted by Gasteiger charge is 2.52. The van der Waals surface area contributed by atoms with Crippen LogP contribution in [0.15, 0.2) is 236 Å². The average Bonchev–Trinajstić information content (AvgIpc) is 3.17. The summed E-state index contributed by atoms with van der Waals surface area (Å²) in [7, 11) is -4.10. The van der Waals surface area contributed by atoms with Crippen LogP contribution in [0, 0.1) is 0 Å². The van der Waals surface area contributed by atoms with Gasteiger partial charge in [-0.3, -0.25) is 0 Å². The highest BCUT2D eigenvalue weighted by Crippen LogP contribution is 2.40. The van der Waals surface area contributed by atoms with Crippen LogP contribution < -0.4 is 4.57 Å². The number of thioether (sulfide) groups is 1. The van der Waals surface area contributed by atoms with Gasteiger partial charge in [0, 0.05) is 4.90 Å². The van der Waals surface area contributed by atoms with Gasteiger partial charge < -0.3 is 64.6 Å². The van der Waals surface area contributed by atoms with E-state index < -0.39 is 73.8 Å². The maximum Gasteiger partial charge on any atom is 0.673 e. The van der Waals surface area contributed by atoms with Crippen molar-refractivity contribution in [1.29, 1.82) is 0 Å². The molecular formula is C66H69BF4N2O11S. The second-order valence-corrected chi connectivity index (χ2v) is 21.5. The highest BCUT2D eigenvalue weighted by molar-refractivity contribution is 7.99. The third-order valence-corrected chi connectivity index (χ3v) is 15.0. The molecule has 2 fully saturated rings. The van der Waals surface area contributed by atoms with Crippen LogP contribution in [0.25, 0.3) is 0 Å². The van der Waals surface area contributed by atoms with Gasteiger partial charge >= 0.3 is 13.2 Å². The minimum Gasteiger partial charge on any atom is -0.460 e. The van der Waals surface area contributed by atoms with E-state index in [1.54, 1.807) is 16.3 Å². The van der Waals surface area contributed by atoms with Gasteiger partial charge in [0.1, 0.15) is 73.3 Å². The van der Waals surface area contributed by atoms with Crippen molar-refractivity contribution in [2.75, 3.05) is 13.2 Å². The van der Waals surface area contributed by atoms with Gasteiger partial charge in [-0.25, -0.2) is 13.9 Å². The summed E-state index contributed by atoms with van der Waals surface area (Å²) in [5.74, 6) is -0.449. The van der Waals surface area contributed by atoms with Crippen LogP contribution >= 0.6 is 11.8 Å². The number of ether oxygens (including phenoxy) is 10. The largest absolute Gasteiger partial charge is 0.673 e. The van der Waals surface area contributed by atoms with E-state index in [0.717, 1.165) is 38.3 Å². The topological polar surface area (TPSA) is 118 Å². The Morgan fingerprint density at radius 2 is 0.800 bits per heavy atom. The van der Waals surface area contributed by atoms with E-state index in [9.17, 15) is 22.1 Å². The molecule has 2 saturated heterocycles. The summed E-state index contributed by atoms with van der Waals surface area (Å²) < 4.78 is 112. The molecule has 0 spiro atoms. The van der Waals surface area contributed by atoms with E-state index in [-0.39, 0.29) is 52.8 Å². The molecule has 0 radical (unpaired) electrons. The maximum absolute atomic E-state index is 13.7. The Kier molecular flexibility index (Phi) is 23.9. The maximum atomic E-state index is 13.7. The number of aromatic nitrogens is 2. The monoisotopic (exact) mass is 1180 g/mol. The van der Waals surface area contributed by atoms with Crippen molar-refractivity contribution in [3.63, 3.8) is 0 Å². The third-order valence-electron chi connectivity index (χ3n) is 13.9. The molecule has 2 aliphatic heterocycles. The Morgan fingerprint density at radius 3 is 1.19 bits per heavy atom. The molecule has 0 aliphatic carbocycles. The predicted molar refractivity (Wildman–Crippen MR) is 312 cm³/mol. The van der Waals surface area contributed by atoms with Crippen molar-refractivity contribution in [3.8, 4) is 0 Å². The van der Waals surface area contributed by atoms with Gasteiger partial charge in [0.05, 0.1) is 53.3 Å².